The van der Waals surface area contributed by atoms with E-state index in [0.29, 0.717) is 11.4 Å². The van der Waals surface area contributed by atoms with Gasteiger partial charge in [0.1, 0.15) is 11.6 Å². The molecule has 1 amide bonds. The monoisotopic (exact) mass is 279 g/mol. The Hall–Kier alpha value is -2.14. The van der Waals surface area contributed by atoms with E-state index in [1.54, 1.807) is 19.2 Å². The van der Waals surface area contributed by atoms with Crippen molar-refractivity contribution in [2.45, 2.75) is 0 Å². The molecule has 0 radical (unpaired) electrons. The second-order valence-electron chi connectivity index (χ2n) is 3.76. The lowest BCUT2D eigenvalue weighted by Crippen LogP contribution is -2.13. The minimum Gasteiger partial charge on any atom is -0.373 e. The number of nitrogens with zero attached hydrogens (tertiary/aromatic N) is 1. The molecule has 0 spiro atoms. The largest absolute Gasteiger partial charge is 0.373 e. The molecule has 0 saturated heterocycles. The maximum absolute atomic E-state index is 13.5. The van der Waals surface area contributed by atoms with Crippen LogP contribution in [0.3, 0.4) is 0 Å². The van der Waals surface area contributed by atoms with Gasteiger partial charge in [-0.2, -0.15) is 0 Å². The maximum Gasteiger partial charge on any atom is 0.257 e. The molecule has 0 bridgehead atoms. The fraction of sp³-hybridized carbons (Fsp3) is 0.0769. The number of halogens is 2. The third-order valence-corrected chi connectivity index (χ3v) is 2.70. The van der Waals surface area contributed by atoms with Gasteiger partial charge in [0.2, 0.25) is 0 Å². The number of hydrogen-bond acceptors (Lipinski definition) is 3. The van der Waals surface area contributed by atoms with Crippen molar-refractivity contribution in [2.75, 3.05) is 17.7 Å². The second-order valence-corrected chi connectivity index (χ2v) is 4.20. The number of hydrogen-bond donors (Lipinski definition) is 2. The molecule has 0 aliphatic rings. The lowest BCUT2D eigenvalue weighted by Gasteiger charge is -2.07. The summed E-state index contributed by atoms with van der Waals surface area (Å²) < 4.78 is 13.5. The molecule has 4 nitrogen and oxygen atoms in total. The SMILES string of the molecule is CNc1ccc(C(=O)Nc2ccc(Cl)cc2F)cn1. The van der Waals surface area contributed by atoms with Crippen molar-refractivity contribution in [3.05, 3.63) is 52.9 Å². The van der Waals surface area contributed by atoms with Crippen molar-refractivity contribution in [1.82, 2.24) is 4.98 Å². The van der Waals surface area contributed by atoms with Crippen LogP contribution in [-0.2, 0) is 0 Å². The van der Waals surface area contributed by atoms with Gasteiger partial charge in [0.25, 0.3) is 5.91 Å². The van der Waals surface area contributed by atoms with Crippen molar-refractivity contribution >= 4 is 29.0 Å². The molecule has 2 rings (SSSR count). The highest BCUT2D eigenvalue weighted by Gasteiger charge is 2.10. The fourth-order valence-corrected chi connectivity index (χ4v) is 1.62. The Bertz CT molecular complexity index is 601. The highest BCUT2D eigenvalue weighted by atomic mass is 35.5. The molecular formula is C13H11ClFN3O. The summed E-state index contributed by atoms with van der Waals surface area (Å²) in [6, 6.07) is 7.31. The normalized spacial score (nSPS) is 10.1. The van der Waals surface area contributed by atoms with Gasteiger partial charge >= 0.3 is 0 Å². The highest BCUT2D eigenvalue weighted by molar-refractivity contribution is 6.30. The van der Waals surface area contributed by atoms with Crippen LogP contribution in [0.4, 0.5) is 15.9 Å². The molecule has 6 heteroatoms. The van der Waals surface area contributed by atoms with E-state index >= 15 is 0 Å². The zero-order chi connectivity index (χ0) is 13.8. The first-order valence-electron chi connectivity index (χ1n) is 5.50. The summed E-state index contributed by atoms with van der Waals surface area (Å²) in [5.74, 6) is -0.369. The zero-order valence-electron chi connectivity index (χ0n) is 10.1. The quantitative estimate of drug-likeness (QED) is 0.907. The van der Waals surface area contributed by atoms with Crippen LogP contribution in [-0.4, -0.2) is 17.9 Å². The van der Waals surface area contributed by atoms with E-state index in [4.69, 9.17) is 11.6 Å². The van der Waals surface area contributed by atoms with Gasteiger partial charge in [-0.1, -0.05) is 11.6 Å². The summed E-state index contributed by atoms with van der Waals surface area (Å²) in [7, 11) is 1.73. The summed E-state index contributed by atoms with van der Waals surface area (Å²) in [4.78, 5) is 15.9. The van der Waals surface area contributed by atoms with Crippen LogP contribution in [0.1, 0.15) is 10.4 Å². The third kappa shape index (κ3) is 3.20. The Morgan fingerprint density at radius 2 is 2.11 bits per heavy atom. The molecule has 0 unspecified atom stereocenters. The zero-order valence-corrected chi connectivity index (χ0v) is 10.8. The molecule has 1 aromatic carbocycles. The number of benzene rings is 1. The predicted octanol–water partition coefficient (Wildman–Crippen LogP) is 3.17. The minimum absolute atomic E-state index is 0.0760. The Balaban J connectivity index is 2.15. The van der Waals surface area contributed by atoms with Crippen LogP contribution in [0, 0.1) is 5.82 Å². The first-order valence-corrected chi connectivity index (χ1v) is 5.88. The van der Waals surface area contributed by atoms with E-state index < -0.39 is 11.7 Å². The number of amides is 1. The number of rotatable bonds is 3. The summed E-state index contributed by atoms with van der Waals surface area (Å²) in [6.45, 7) is 0. The van der Waals surface area contributed by atoms with Crippen molar-refractivity contribution in [2.24, 2.45) is 0 Å². The van der Waals surface area contributed by atoms with Gasteiger partial charge in [-0.05, 0) is 30.3 Å². The van der Waals surface area contributed by atoms with E-state index in [2.05, 4.69) is 15.6 Å². The summed E-state index contributed by atoms with van der Waals surface area (Å²) >= 11 is 5.63. The first-order chi connectivity index (χ1) is 9.10. The average molecular weight is 280 g/mol. The van der Waals surface area contributed by atoms with Gasteiger partial charge in [-0.3, -0.25) is 4.79 Å². The van der Waals surface area contributed by atoms with E-state index in [-0.39, 0.29) is 10.7 Å². The Morgan fingerprint density at radius 1 is 1.32 bits per heavy atom. The predicted molar refractivity (Wildman–Crippen MR) is 73.1 cm³/mol. The van der Waals surface area contributed by atoms with Crippen LogP contribution < -0.4 is 10.6 Å². The number of pyridine rings is 1. The number of carbonyl (C=O) groups excluding carboxylic acids is 1. The molecule has 0 aliphatic carbocycles. The van der Waals surface area contributed by atoms with Crippen LogP contribution in [0.25, 0.3) is 0 Å². The van der Waals surface area contributed by atoms with Crippen LogP contribution >= 0.6 is 11.6 Å². The lowest BCUT2D eigenvalue weighted by atomic mass is 10.2. The van der Waals surface area contributed by atoms with E-state index in [1.807, 2.05) is 0 Å². The fourth-order valence-electron chi connectivity index (χ4n) is 1.46. The summed E-state index contributed by atoms with van der Waals surface area (Å²) in [5.41, 5.74) is 0.417. The smallest absolute Gasteiger partial charge is 0.257 e. The summed E-state index contributed by atoms with van der Waals surface area (Å²) in [5, 5.41) is 5.57. The highest BCUT2D eigenvalue weighted by Crippen LogP contribution is 2.19. The Labute approximate surface area is 114 Å². The van der Waals surface area contributed by atoms with Gasteiger partial charge in [-0.15, -0.1) is 0 Å². The van der Waals surface area contributed by atoms with E-state index in [1.165, 1.54) is 18.3 Å². The standard InChI is InChI=1S/C13H11ClFN3O/c1-16-12-5-2-8(7-17-12)13(19)18-11-4-3-9(14)6-10(11)15/h2-7H,1H3,(H,16,17)(H,18,19). The van der Waals surface area contributed by atoms with Gasteiger partial charge in [0.15, 0.2) is 0 Å². The van der Waals surface area contributed by atoms with Crippen LogP contribution in [0.5, 0.6) is 0 Å². The molecule has 0 fully saturated rings. The molecular weight excluding hydrogens is 269 g/mol. The molecule has 2 aromatic rings. The average Bonchev–Trinajstić information content (AvgIpc) is 2.42. The van der Waals surface area contributed by atoms with Crippen molar-refractivity contribution in [1.29, 1.82) is 0 Å². The molecule has 0 atom stereocenters. The van der Waals surface area contributed by atoms with Crippen molar-refractivity contribution in [3.8, 4) is 0 Å². The minimum atomic E-state index is -0.583. The molecule has 0 aliphatic heterocycles. The molecule has 19 heavy (non-hydrogen) atoms. The molecule has 2 N–H and O–H groups in total. The Kier molecular flexibility index (Phi) is 3.97. The topological polar surface area (TPSA) is 54.0 Å². The number of anilines is 2. The third-order valence-electron chi connectivity index (χ3n) is 2.46. The summed E-state index contributed by atoms with van der Waals surface area (Å²) in [6.07, 6.45) is 1.41. The van der Waals surface area contributed by atoms with E-state index in [9.17, 15) is 9.18 Å². The lowest BCUT2D eigenvalue weighted by molar-refractivity contribution is 0.102. The molecule has 0 saturated carbocycles. The van der Waals surface area contributed by atoms with Gasteiger partial charge in [-0.25, -0.2) is 9.37 Å². The van der Waals surface area contributed by atoms with Crippen LogP contribution in [0.2, 0.25) is 5.02 Å². The molecule has 1 heterocycles. The Morgan fingerprint density at radius 3 is 2.68 bits per heavy atom. The van der Waals surface area contributed by atoms with Gasteiger partial charge in [0.05, 0.1) is 11.3 Å². The second kappa shape index (κ2) is 5.67. The molecule has 1 aromatic heterocycles. The maximum atomic E-state index is 13.5. The number of aromatic nitrogens is 1. The number of carbonyl (C=O) groups is 1. The van der Waals surface area contributed by atoms with Gasteiger partial charge in [0, 0.05) is 18.3 Å². The number of nitrogens with one attached hydrogen (secondary N) is 2. The van der Waals surface area contributed by atoms with Crippen molar-refractivity contribution in [3.63, 3.8) is 0 Å². The van der Waals surface area contributed by atoms with Crippen LogP contribution in [0.15, 0.2) is 36.5 Å². The molecule has 98 valence electrons. The first kappa shape index (κ1) is 13.3. The van der Waals surface area contributed by atoms with Crippen molar-refractivity contribution < 1.29 is 9.18 Å². The van der Waals surface area contributed by atoms with E-state index in [0.717, 1.165) is 6.07 Å². The van der Waals surface area contributed by atoms with Gasteiger partial charge < -0.3 is 10.6 Å².